The van der Waals surface area contributed by atoms with Gasteiger partial charge in [0.05, 0.1) is 18.8 Å². The van der Waals surface area contributed by atoms with E-state index in [0.717, 1.165) is 37.7 Å². The van der Waals surface area contributed by atoms with Crippen LogP contribution < -0.4 is 4.74 Å². The van der Waals surface area contributed by atoms with E-state index in [1.807, 2.05) is 0 Å². The molecule has 0 bridgehead atoms. The van der Waals surface area contributed by atoms with Gasteiger partial charge in [0.2, 0.25) is 0 Å². The van der Waals surface area contributed by atoms with Gasteiger partial charge in [-0.1, -0.05) is 13.3 Å². The first kappa shape index (κ1) is 16.2. The maximum Gasteiger partial charge on any atom is 0.338 e. The molecule has 1 aromatic carbocycles. The van der Waals surface area contributed by atoms with Crippen molar-refractivity contribution in [3.05, 3.63) is 29.8 Å². The summed E-state index contributed by atoms with van der Waals surface area (Å²) in [6.45, 7) is 3.09. The minimum atomic E-state index is -0.295. The monoisotopic (exact) mass is 278 g/mol. The van der Waals surface area contributed by atoms with Crippen molar-refractivity contribution in [1.82, 2.24) is 0 Å². The van der Waals surface area contributed by atoms with Crippen molar-refractivity contribution < 1.29 is 19.1 Å². The smallest absolute Gasteiger partial charge is 0.338 e. The van der Waals surface area contributed by atoms with Crippen LogP contribution in [-0.2, 0) is 9.53 Å². The van der Waals surface area contributed by atoms with E-state index >= 15 is 0 Å². The summed E-state index contributed by atoms with van der Waals surface area (Å²) in [5, 5.41) is 0. The number of carbonyl (C=O) groups excluding carboxylic acids is 2. The van der Waals surface area contributed by atoms with Crippen LogP contribution in [0.15, 0.2) is 24.3 Å². The van der Waals surface area contributed by atoms with Crippen molar-refractivity contribution in [1.29, 1.82) is 0 Å². The fourth-order valence-corrected chi connectivity index (χ4v) is 1.60. The summed E-state index contributed by atoms with van der Waals surface area (Å²) < 4.78 is 10.6. The van der Waals surface area contributed by atoms with E-state index < -0.39 is 0 Å². The Hall–Kier alpha value is -1.84. The average Bonchev–Trinajstić information content (AvgIpc) is 2.48. The van der Waals surface area contributed by atoms with Gasteiger partial charge >= 0.3 is 5.97 Å². The van der Waals surface area contributed by atoms with Crippen LogP contribution in [0, 0.1) is 0 Å². The zero-order valence-electron chi connectivity index (χ0n) is 12.0. The van der Waals surface area contributed by atoms with Gasteiger partial charge in [0, 0.05) is 6.42 Å². The second-order valence-corrected chi connectivity index (χ2v) is 4.52. The van der Waals surface area contributed by atoms with Crippen LogP contribution in [-0.4, -0.2) is 25.5 Å². The highest BCUT2D eigenvalue weighted by Crippen LogP contribution is 2.13. The third kappa shape index (κ3) is 6.36. The molecular formula is C16H22O4. The van der Waals surface area contributed by atoms with Gasteiger partial charge < -0.3 is 14.3 Å². The van der Waals surface area contributed by atoms with Crippen LogP contribution in [0.1, 0.15) is 49.4 Å². The van der Waals surface area contributed by atoms with Crippen LogP contribution in [0.5, 0.6) is 5.75 Å². The molecular weight excluding hydrogens is 256 g/mol. The van der Waals surface area contributed by atoms with E-state index in [1.165, 1.54) is 0 Å². The number of unbranched alkanes of at least 4 members (excludes halogenated alkanes) is 3. The second-order valence-electron chi connectivity index (χ2n) is 4.52. The van der Waals surface area contributed by atoms with Crippen molar-refractivity contribution in [2.75, 3.05) is 13.2 Å². The molecule has 1 rings (SSSR count). The molecule has 1 aromatic rings. The average molecular weight is 278 g/mol. The summed E-state index contributed by atoms with van der Waals surface area (Å²) in [7, 11) is 0. The lowest BCUT2D eigenvalue weighted by Crippen LogP contribution is -2.06. The Balaban J connectivity index is 2.32. The number of esters is 1. The largest absolute Gasteiger partial charge is 0.494 e. The minimum Gasteiger partial charge on any atom is -0.494 e. The Kier molecular flexibility index (Phi) is 8.11. The van der Waals surface area contributed by atoms with Gasteiger partial charge in [-0.3, -0.25) is 0 Å². The summed E-state index contributed by atoms with van der Waals surface area (Å²) >= 11 is 0. The molecule has 0 unspecified atom stereocenters. The molecule has 0 aliphatic carbocycles. The molecule has 0 radical (unpaired) electrons. The molecule has 0 amide bonds. The first-order valence-electron chi connectivity index (χ1n) is 7.11. The fraction of sp³-hybridized carbons (Fsp3) is 0.500. The Bertz CT molecular complexity index is 397. The van der Waals surface area contributed by atoms with Crippen molar-refractivity contribution in [2.24, 2.45) is 0 Å². The number of hydrogen-bond donors (Lipinski definition) is 0. The number of aldehydes is 1. The van der Waals surface area contributed by atoms with E-state index in [0.29, 0.717) is 25.2 Å². The lowest BCUT2D eigenvalue weighted by molar-refractivity contribution is -0.107. The number of rotatable bonds is 10. The van der Waals surface area contributed by atoms with Gasteiger partial charge in [-0.05, 0) is 43.5 Å². The molecule has 20 heavy (non-hydrogen) atoms. The summed E-state index contributed by atoms with van der Waals surface area (Å²) in [5.74, 6) is 0.428. The van der Waals surface area contributed by atoms with Crippen molar-refractivity contribution in [3.8, 4) is 5.75 Å². The molecule has 0 fully saturated rings. The first-order chi connectivity index (χ1) is 9.77. The molecule has 4 heteroatoms. The third-order valence-corrected chi connectivity index (χ3v) is 2.81. The minimum absolute atomic E-state index is 0.295. The summed E-state index contributed by atoms with van der Waals surface area (Å²) in [5.41, 5.74) is 0.536. The van der Waals surface area contributed by atoms with E-state index in [9.17, 15) is 9.59 Å². The standard InChI is InChI=1S/C16H22O4/c1-2-3-12-20-16(18)14-7-9-15(10-8-14)19-13-6-4-5-11-17/h7-11H,2-6,12-13H2,1H3. The zero-order chi connectivity index (χ0) is 14.6. The first-order valence-corrected chi connectivity index (χ1v) is 7.11. The third-order valence-electron chi connectivity index (χ3n) is 2.81. The molecule has 0 saturated carbocycles. The molecule has 0 atom stereocenters. The van der Waals surface area contributed by atoms with Crippen LogP contribution >= 0.6 is 0 Å². The topological polar surface area (TPSA) is 52.6 Å². The van der Waals surface area contributed by atoms with Crippen LogP contribution in [0.3, 0.4) is 0 Å². The van der Waals surface area contributed by atoms with Gasteiger partial charge in [0.1, 0.15) is 12.0 Å². The molecule has 4 nitrogen and oxygen atoms in total. The Morgan fingerprint density at radius 3 is 2.50 bits per heavy atom. The molecule has 0 aliphatic heterocycles. The van der Waals surface area contributed by atoms with E-state index in [2.05, 4.69) is 6.92 Å². The van der Waals surface area contributed by atoms with Crippen LogP contribution in [0.2, 0.25) is 0 Å². The predicted molar refractivity (Wildman–Crippen MR) is 77.0 cm³/mol. The maximum atomic E-state index is 11.7. The predicted octanol–water partition coefficient (Wildman–Crippen LogP) is 3.39. The molecule has 0 aromatic heterocycles. The molecule has 0 spiro atoms. The van der Waals surface area contributed by atoms with Crippen molar-refractivity contribution in [2.45, 2.75) is 39.0 Å². The lowest BCUT2D eigenvalue weighted by atomic mass is 10.2. The summed E-state index contributed by atoms with van der Waals surface area (Å²) in [6, 6.07) is 6.93. The van der Waals surface area contributed by atoms with Crippen molar-refractivity contribution in [3.63, 3.8) is 0 Å². The second kappa shape index (κ2) is 10.0. The fourth-order valence-electron chi connectivity index (χ4n) is 1.60. The SMILES string of the molecule is CCCCOC(=O)c1ccc(OCCCCC=O)cc1. The van der Waals surface area contributed by atoms with Crippen LogP contribution in [0.25, 0.3) is 0 Å². The Labute approximate surface area is 120 Å². The maximum absolute atomic E-state index is 11.7. The molecule has 110 valence electrons. The lowest BCUT2D eigenvalue weighted by Gasteiger charge is -2.07. The van der Waals surface area contributed by atoms with Gasteiger partial charge in [-0.25, -0.2) is 4.79 Å². The van der Waals surface area contributed by atoms with Gasteiger partial charge in [0.15, 0.2) is 0 Å². The zero-order valence-corrected chi connectivity index (χ0v) is 12.0. The normalized spacial score (nSPS) is 10.1. The molecule has 0 saturated heterocycles. The Morgan fingerprint density at radius 1 is 1.10 bits per heavy atom. The van der Waals surface area contributed by atoms with Gasteiger partial charge in [-0.15, -0.1) is 0 Å². The van der Waals surface area contributed by atoms with Gasteiger partial charge in [-0.2, -0.15) is 0 Å². The summed E-state index contributed by atoms with van der Waals surface area (Å²) in [6.07, 6.45) is 5.06. The highest BCUT2D eigenvalue weighted by atomic mass is 16.5. The molecule has 0 N–H and O–H groups in total. The quantitative estimate of drug-likeness (QED) is 0.374. The highest BCUT2D eigenvalue weighted by Gasteiger charge is 2.06. The number of benzene rings is 1. The summed E-state index contributed by atoms with van der Waals surface area (Å²) in [4.78, 5) is 21.8. The van der Waals surface area contributed by atoms with Gasteiger partial charge in [0.25, 0.3) is 0 Å². The van der Waals surface area contributed by atoms with Crippen LogP contribution in [0.4, 0.5) is 0 Å². The molecule has 0 aliphatic rings. The van der Waals surface area contributed by atoms with E-state index in [-0.39, 0.29) is 5.97 Å². The Morgan fingerprint density at radius 2 is 1.85 bits per heavy atom. The number of carbonyl (C=O) groups is 2. The number of hydrogen-bond acceptors (Lipinski definition) is 4. The molecule has 0 heterocycles. The van der Waals surface area contributed by atoms with Crippen molar-refractivity contribution >= 4 is 12.3 Å². The van der Waals surface area contributed by atoms with E-state index in [1.54, 1.807) is 24.3 Å². The highest BCUT2D eigenvalue weighted by molar-refractivity contribution is 5.89. The number of ether oxygens (including phenoxy) is 2. The van der Waals surface area contributed by atoms with E-state index in [4.69, 9.17) is 9.47 Å².